The van der Waals surface area contributed by atoms with Crippen LogP contribution in [0.1, 0.15) is 5.56 Å². The average molecular weight is 245 g/mol. The van der Waals surface area contributed by atoms with Gasteiger partial charge in [-0.05, 0) is 24.5 Å². The van der Waals surface area contributed by atoms with Gasteiger partial charge in [0.15, 0.2) is 0 Å². The van der Waals surface area contributed by atoms with Gasteiger partial charge >= 0.3 is 0 Å². The Morgan fingerprint density at radius 1 is 1.06 bits per heavy atom. The summed E-state index contributed by atoms with van der Waals surface area (Å²) in [5.41, 5.74) is 1.37. The van der Waals surface area contributed by atoms with E-state index in [4.69, 9.17) is 0 Å². The van der Waals surface area contributed by atoms with Crippen molar-refractivity contribution in [2.45, 2.75) is 4.90 Å². The summed E-state index contributed by atoms with van der Waals surface area (Å²) < 4.78 is 13.4. The molecule has 17 heavy (non-hydrogen) atoms. The third-order valence-electron chi connectivity index (χ3n) is 2.33. The molecule has 86 valence electrons. The van der Waals surface area contributed by atoms with Crippen LogP contribution in [0, 0.1) is 5.82 Å². The molecule has 0 saturated heterocycles. The van der Waals surface area contributed by atoms with E-state index >= 15 is 0 Å². The maximum absolute atomic E-state index is 13.4. The summed E-state index contributed by atoms with van der Waals surface area (Å²) in [5.74, 6) is -0.252. The SMILES string of the molecule is CSc1ccccc1N=Cc1ccccc1F. The van der Waals surface area contributed by atoms with E-state index in [0.717, 1.165) is 10.6 Å². The molecular weight excluding hydrogens is 233 g/mol. The number of para-hydroxylation sites is 1. The molecule has 0 radical (unpaired) electrons. The average Bonchev–Trinajstić information content (AvgIpc) is 2.38. The topological polar surface area (TPSA) is 12.4 Å². The van der Waals surface area contributed by atoms with Gasteiger partial charge in [0.05, 0.1) is 5.69 Å². The highest BCUT2D eigenvalue weighted by Gasteiger charge is 1.99. The fourth-order valence-corrected chi connectivity index (χ4v) is 2.00. The first kappa shape index (κ1) is 11.9. The Bertz CT molecular complexity index is 537. The summed E-state index contributed by atoms with van der Waals surface area (Å²) in [6.45, 7) is 0. The van der Waals surface area contributed by atoms with Crippen molar-refractivity contribution in [3.63, 3.8) is 0 Å². The van der Waals surface area contributed by atoms with Crippen LogP contribution in [-0.4, -0.2) is 12.5 Å². The minimum absolute atomic E-state index is 0.252. The van der Waals surface area contributed by atoms with Crippen LogP contribution in [0.4, 0.5) is 10.1 Å². The molecule has 0 unspecified atom stereocenters. The van der Waals surface area contributed by atoms with Crippen LogP contribution >= 0.6 is 11.8 Å². The van der Waals surface area contributed by atoms with Gasteiger partial charge in [-0.15, -0.1) is 11.8 Å². The predicted octanol–water partition coefficient (Wildman–Crippen LogP) is 4.30. The summed E-state index contributed by atoms with van der Waals surface area (Å²) >= 11 is 1.63. The van der Waals surface area contributed by atoms with Crippen molar-refractivity contribution in [3.05, 3.63) is 59.9 Å². The number of benzene rings is 2. The highest BCUT2D eigenvalue weighted by molar-refractivity contribution is 7.98. The standard InChI is InChI=1S/C14H12FNS/c1-17-14-9-5-4-8-13(14)16-10-11-6-2-3-7-12(11)15/h2-10H,1H3. The van der Waals surface area contributed by atoms with Gasteiger partial charge in [-0.3, -0.25) is 4.99 Å². The van der Waals surface area contributed by atoms with Crippen LogP contribution in [0.3, 0.4) is 0 Å². The van der Waals surface area contributed by atoms with Crippen molar-refractivity contribution in [1.82, 2.24) is 0 Å². The minimum Gasteiger partial charge on any atom is -0.255 e. The Balaban J connectivity index is 2.29. The Morgan fingerprint density at radius 2 is 1.76 bits per heavy atom. The van der Waals surface area contributed by atoms with E-state index in [-0.39, 0.29) is 5.82 Å². The number of nitrogens with zero attached hydrogens (tertiary/aromatic N) is 1. The van der Waals surface area contributed by atoms with Gasteiger partial charge < -0.3 is 0 Å². The van der Waals surface area contributed by atoms with E-state index in [1.807, 2.05) is 30.5 Å². The maximum Gasteiger partial charge on any atom is 0.131 e. The number of halogens is 1. The number of thioether (sulfide) groups is 1. The second kappa shape index (κ2) is 5.64. The van der Waals surface area contributed by atoms with Crippen LogP contribution < -0.4 is 0 Å². The molecule has 2 aromatic rings. The van der Waals surface area contributed by atoms with Crippen LogP contribution in [0.5, 0.6) is 0 Å². The highest BCUT2D eigenvalue weighted by Crippen LogP contribution is 2.27. The monoisotopic (exact) mass is 245 g/mol. The highest BCUT2D eigenvalue weighted by atomic mass is 32.2. The van der Waals surface area contributed by atoms with E-state index in [2.05, 4.69) is 4.99 Å². The lowest BCUT2D eigenvalue weighted by atomic mass is 10.2. The van der Waals surface area contributed by atoms with Crippen molar-refractivity contribution >= 4 is 23.7 Å². The molecule has 2 aromatic carbocycles. The van der Waals surface area contributed by atoms with Gasteiger partial charge in [0.1, 0.15) is 5.82 Å². The summed E-state index contributed by atoms with van der Waals surface area (Å²) in [6.07, 6.45) is 3.56. The first-order chi connectivity index (χ1) is 8.31. The Morgan fingerprint density at radius 3 is 2.53 bits per heavy atom. The van der Waals surface area contributed by atoms with E-state index in [1.165, 1.54) is 6.07 Å². The normalized spacial score (nSPS) is 10.9. The molecule has 0 N–H and O–H groups in total. The summed E-state index contributed by atoms with van der Waals surface area (Å²) in [4.78, 5) is 5.41. The molecule has 0 spiro atoms. The molecule has 0 aliphatic carbocycles. The molecule has 1 nitrogen and oxygen atoms in total. The molecule has 0 atom stereocenters. The molecule has 0 amide bonds. The van der Waals surface area contributed by atoms with Gasteiger partial charge in [-0.2, -0.15) is 0 Å². The molecule has 3 heteroatoms. The van der Waals surface area contributed by atoms with Crippen LogP contribution in [0.15, 0.2) is 58.4 Å². The van der Waals surface area contributed by atoms with Gasteiger partial charge in [-0.1, -0.05) is 30.3 Å². The third-order valence-corrected chi connectivity index (χ3v) is 3.12. The van der Waals surface area contributed by atoms with E-state index in [9.17, 15) is 4.39 Å². The van der Waals surface area contributed by atoms with Crippen molar-refractivity contribution < 1.29 is 4.39 Å². The first-order valence-electron chi connectivity index (χ1n) is 5.23. The fourth-order valence-electron chi connectivity index (χ4n) is 1.46. The molecule has 0 saturated carbocycles. The van der Waals surface area contributed by atoms with Crippen molar-refractivity contribution in [1.29, 1.82) is 0 Å². The Labute approximate surface area is 104 Å². The van der Waals surface area contributed by atoms with Crippen LogP contribution in [0.25, 0.3) is 0 Å². The van der Waals surface area contributed by atoms with E-state index in [0.29, 0.717) is 5.56 Å². The zero-order valence-electron chi connectivity index (χ0n) is 9.43. The smallest absolute Gasteiger partial charge is 0.131 e. The number of rotatable bonds is 3. The largest absolute Gasteiger partial charge is 0.255 e. The summed E-state index contributed by atoms with van der Waals surface area (Å²) in [7, 11) is 0. The number of hydrogen-bond donors (Lipinski definition) is 0. The van der Waals surface area contributed by atoms with Gasteiger partial charge in [0.2, 0.25) is 0 Å². The van der Waals surface area contributed by atoms with Gasteiger partial charge in [-0.25, -0.2) is 4.39 Å². The molecule has 0 aliphatic rings. The first-order valence-corrected chi connectivity index (χ1v) is 6.45. The van der Waals surface area contributed by atoms with Gasteiger partial charge in [0, 0.05) is 16.7 Å². The molecular formula is C14H12FNS. The van der Waals surface area contributed by atoms with Crippen LogP contribution in [-0.2, 0) is 0 Å². The number of hydrogen-bond acceptors (Lipinski definition) is 2. The summed E-state index contributed by atoms with van der Waals surface area (Å²) in [5, 5.41) is 0. The van der Waals surface area contributed by atoms with Crippen molar-refractivity contribution in [2.75, 3.05) is 6.26 Å². The lowest BCUT2D eigenvalue weighted by Gasteiger charge is -2.01. The second-order valence-electron chi connectivity index (χ2n) is 3.45. The molecule has 0 aliphatic heterocycles. The second-order valence-corrected chi connectivity index (χ2v) is 4.30. The zero-order valence-corrected chi connectivity index (χ0v) is 10.2. The minimum atomic E-state index is -0.252. The summed E-state index contributed by atoms with van der Waals surface area (Å²) in [6, 6.07) is 14.4. The molecule has 0 fully saturated rings. The molecule has 0 aromatic heterocycles. The molecule has 0 heterocycles. The lowest BCUT2D eigenvalue weighted by molar-refractivity contribution is 0.626. The van der Waals surface area contributed by atoms with Crippen molar-refractivity contribution in [2.24, 2.45) is 4.99 Å². The van der Waals surface area contributed by atoms with Gasteiger partial charge in [0.25, 0.3) is 0 Å². The van der Waals surface area contributed by atoms with Crippen molar-refractivity contribution in [3.8, 4) is 0 Å². The zero-order chi connectivity index (χ0) is 12.1. The third kappa shape index (κ3) is 2.94. The molecule has 0 bridgehead atoms. The predicted molar refractivity (Wildman–Crippen MR) is 71.9 cm³/mol. The van der Waals surface area contributed by atoms with E-state index < -0.39 is 0 Å². The van der Waals surface area contributed by atoms with Crippen LogP contribution in [0.2, 0.25) is 0 Å². The lowest BCUT2D eigenvalue weighted by Crippen LogP contribution is -1.86. The fraction of sp³-hybridized carbons (Fsp3) is 0.0714. The maximum atomic E-state index is 13.4. The Hall–Kier alpha value is -1.61. The quantitative estimate of drug-likeness (QED) is 0.580. The Kier molecular flexibility index (Phi) is 3.94. The molecule has 2 rings (SSSR count). The number of aliphatic imine (C=N–C) groups is 1. The van der Waals surface area contributed by atoms with E-state index in [1.54, 1.807) is 36.2 Å².